The first kappa shape index (κ1) is 19.5. The van der Waals surface area contributed by atoms with Crippen molar-refractivity contribution in [2.75, 3.05) is 11.9 Å². The first-order valence-corrected chi connectivity index (χ1v) is 10.1. The van der Waals surface area contributed by atoms with E-state index in [1.807, 2.05) is 13.0 Å². The molecule has 0 bridgehead atoms. The fourth-order valence-electron chi connectivity index (χ4n) is 2.87. The number of nitrogens with zero attached hydrogens (tertiary/aromatic N) is 1. The SMILES string of the molecule is CCCCCC(CC)OC(=O)N(C)c1cc(C)ccc1-c1ccsc1. The summed E-state index contributed by atoms with van der Waals surface area (Å²) in [5, 5.41) is 4.16. The molecular formula is C21H29NO2S. The van der Waals surface area contributed by atoms with E-state index in [4.69, 9.17) is 4.74 Å². The van der Waals surface area contributed by atoms with Crippen molar-refractivity contribution in [2.45, 2.75) is 59.0 Å². The van der Waals surface area contributed by atoms with Crippen LogP contribution in [-0.2, 0) is 4.74 Å². The van der Waals surface area contributed by atoms with E-state index in [9.17, 15) is 4.79 Å². The highest BCUT2D eigenvalue weighted by Crippen LogP contribution is 2.33. The molecule has 0 radical (unpaired) electrons. The van der Waals surface area contributed by atoms with Crippen molar-refractivity contribution >= 4 is 23.1 Å². The number of rotatable bonds is 8. The summed E-state index contributed by atoms with van der Waals surface area (Å²) in [6.45, 7) is 6.30. The van der Waals surface area contributed by atoms with Gasteiger partial charge in [0.2, 0.25) is 0 Å². The lowest BCUT2D eigenvalue weighted by molar-refractivity contribution is 0.0958. The molecule has 0 aliphatic rings. The van der Waals surface area contributed by atoms with E-state index in [0.717, 1.165) is 41.6 Å². The average Bonchev–Trinajstić information content (AvgIpc) is 3.14. The minimum absolute atomic E-state index is 0.00379. The predicted molar refractivity (Wildman–Crippen MR) is 108 cm³/mol. The molecule has 1 amide bonds. The Kier molecular flexibility index (Phi) is 7.51. The van der Waals surface area contributed by atoms with E-state index in [0.29, 0.717) is 0 Å². The maximum Gasteiger partial charge on any atom is 0.414 e. The Labute approximate surface area is 155 Å². The lowest BCUT2D eigenvalue weighted by atomic mass is 10.0. The topological polar surface area (TPSA) is 29.5 Å². The highest BCUT2D eigenvalue weighted by molar-refractivity contribution is 7.08. The summed E-state index contributed by atoms with van der Waals surface area (Å²) >= 11 is 1.66. The monoisotopic (exact) mass is 359 g/mol. The third-order valence-corrected chi connectivity index (χ3v) is 5.16. The number of hydrogen-bond donors (Lipinski definition) is 0. The van der Waals surface area contributed by atoms with E-state index in [1.54, 1.807) is 23.3 Å². The van der Waals surface area contributed by atoms with Gasteiger partial charge in [0.15, 0.2) is 0 Å². The third kappa shape index (κ3) is 5.33. The zero-order chi connectivity index (χ0) is 18.2. The molecule has 1 aromatic heterocycles. The Hall–Kier alpha value is -1.81. The van der Waals surface area contributed by atoms with Crippen LogP contribution in [0.25, 0.3) is 11.1 Å². The Morgan fingerprint density at radius 1 is 1.24 bits per heavy atom. The number of hydrogen-bond acceptors (Lipinski definition) is 3. The molecule has 3 nitrogen and oxygen atoms in total. The summed E-state index contributed by atoms with van der Waals surface area (Å²) in [5.41, 5.74) is 4.22. The second kappa shape index (κ2) is 9.62. The largest absolute Gasteiger partial charge is 0.446 e. The summed E-state index contributed by atoms with van der Waals surface area (Å²) in [6, 6.07) is 8.29. The number of anilines is 1. The summed E-state index contributed by atoms with van der Waals surface area (Å²) in [5.74, 6) is 0. The Morgan fingerprint density at radius 3 is 2.68 bits per heavy atom. The van der Waals surface area contributed by atoms with Crippen molar-refractivity contribution < 1.29 is 9.53 Å². The molecule has 2 rings (SSSR count). The van der Waals surface area contributed by atoms with Crippen molar-refractivity contribution in [1.82, 2.24) is 0 Å². The smallest absolute Gasteiger partial charge is 0.414 e. The number of thiophene rings is 1. The first-order valence-electron chi connectivity index (χ1n) is 9.14. The number of carbonyl (C=O) groups is 1. The van der Waals surface area contributed by atoms with Crippen LogP contribution in [0, 0.1) is 6.92 Å². The van der Waals surface area contributed by atoms with Crippen LogP contribution >= 0.6 is 11.3 Å². The summed E-state index contributed by atoms with van der Waals surface area (Å²) in [7, 11) is 1.80. The highest BCUT2D eigenvalue weighted by Gasteiger charge is 2.20. The van der Waals surface area contributed by atoms with Gasteiger partial charge in [-0.2, -0.15) is 11.3 Å². The molecule has 0 fully saturated rings. The number of amides is 1. The van der Waals surface area contributed by atoms with Crippen LogP contribution in [-0.4, -0.2) is 19.2 Å². The number of carbonyl (C=O) groups excluding carboxylic acids is 1. The van der Waals surface area contributed by atoms with Crippen LogP contribution in [0.15, 0.2) is 35.0 Å². The van der Waals surface area contributed by atoms with Gasteiger partial charge in [-0.05, 0) is 60.2 Å². The quantitative estimate of drug-likeness (QED) is 0.493. The standard InChI is InChI=1S/C21H29NO2S/c1-5-7-8-9-18(6-2)24-21(23)22(4)20-14-16(3)10-11-19(20)17-12-13-25-15-17/h10-15,18H,5-9H2,1-4H3. The van der Waals surface area contributed by atoms with Crippen molar-refractivity contribution in [2.24, 2.45) is 0 Å². The van der Waals surface area contributed by atoms with Gasteiger partial charge in [0.1, 0.15) is 6.10 Å². The molecule has 2 aromatic rings. The summed E-state index contributed by atoms with van der Waals surface area (Å²) in [6.07, 6.45) is 4.99. The van der Waals surface area contributed by atoms with Gasteiger partial charge in [0, 0.05) is 12.6 Å². The minimum Gasteiger partial charge on any atom is -0.446 e. The van der Waals surface area contributed by atoms with E-state index < -0.39 is 0 Å². The molecule has 4 heteroatoms. The normalized spacial score (nSPS) is 12.0. The van der Waals surface area contributed by atoms with Gasteiger partial charge in [0.25, 0.3) is 0 Å². The highest BCUT2D eigenvalue weighted by atomic mass is 32.1. The van der Waals surface area contributed by atoms with Gasteiger partial charge in [-0.15, -0.1) is 0 Å². The number of benzene rings is 1. The molecule has 1 atom stereocenters. The second-order valence-corrected chi connectivity index (χ2v) is 7.28. The minimum atomic E-state index is -0.273. The molecule has 136 valence electrons. The van der Waals surface area contributed by atoms with Crippen LogP contribution in [0.4, 0.5) is 10.5 Å². The second-order valence-electron chi connectivity index (χ2n) is 6.50. The van der Waals surface area contributed by atoms with Gasteiger partial charge in [-0.3, -0.25) is 4.90 Å². The van der Waals surface area contributed by atoms with E-state index >= 15 is 0 Å². The van der Waals surface area contributed by atoms with E-state index in [-0.39, 0.29) is 12.2 Å². The molecular weight excluding hydrogens is 330 g/mol. The van der Waals surface area contributed by atoms with Crippen molar-refractivity contribution in [3.63, 3.8) is 0 Å². The zero-order valence-corrected chi connectivity index (χ0v) is 16.6. The fourth-order valence-corrected chi connectivity index (χ4v) is 3.53. The van der Waals surface area contributed by atoms with Crippen LogP contribution < -0.4 is 4.90 Å². The van der Waals surface area contributed by atoms with Crippen LogP contribution in [0.2, 0.25) is 0 Å². The van der Waals surface area contributed by atoms with Gasteiger partial charge >= 0.3 is 6.09 Å². The Bertz CT molecular complexity index is 667. The van der Waals surface area contributed by atoms with Gasteiger partial charge in [-0.1, -0.05) is 38.8 Å². The lowest BCUT2D eigenvalue weighted by Crippen LogP contribution is -2.31. The summed E-state index contributed by atoms with van der Waals surface area (Å²) < 4.78 is 5.76. The van der Waals surface area contributed by atoms with Gasteiger partial charge in [0.05, 0.1) is 5.69 Å². The number of unbranched alkanes of at least 4 members (excludes halogenated alkanes) is 2. The third-order valence-electron chi connectivity index (χ3n) is 4.47. The van der Waals surface area contributed by atoms with E-state index in [1.165, 1.54) is 12.8 Å². The molecule has 1 heterocycles. The van der Waals surface area contributed by atoms with Gasteiger partial charge < -0.3 is 4.74 Å². The zero-order valence-electron chi connectivity index (χ0n) is 15.7. The molecule has 1 aromatic carbocycles. The Morgan fingerprint density at radius 2 is 2.04 bits per heavy atom. The summed E-state index contributed by atoms with van der Waals surface area (Å²) in [4.78, 5) is 14.3. The predicted octanol–water partition coefficient (Wildman–Crippen LogP) is 6.66. The molecule has 1 unspecified atom stereocenters. The van der Waals surface area contributed by atoms with Crippen LogP contribution in [0.5, 0.6) is 0 Å². The van der Waals surface area contributed by atoms with Crippen LogP contribution in [0.1, 0.15) is 51.5 Å². The molecule has 25 heavy (non-hydrogen) atoms. The van der Waals surface area contributed by atoms with Crippen LogP contribution in [0.3, 0.4) is 0 Å². The molecule has 0 aliphatic heterocycles. The molecule has 0 saturated heterocycles. The number of ether oxygens (including phenoxy) is 1. The lowest BCUT2D eigenvalue weighted by Gasteiger charge is -2.24. The maximum absolute atomic E-state index is 12.7. The van der Waals surface area contributed by atoms with Crippen molar-refractivity contribution in [3.8, 4) is 11.1 Å². The molecule has 0 N–H and O–H groups in total. The van der Waals surface area contributed by atoms with E-state index in [2.05, 4.69) is 42.8 Å². The first-order chi connectivity index (χ1) is 12.1. The number of aryl methyl sites for hydroxylation is 1. The molecule has 0 aliphatic carbocycles. The van der Waals surface area contributed by atoms with Crippen molar-refractivity contribution in [3.05, 3.63) is 40.6 Å². The molecule has 0 spiro atoms. The van der Waals surface area contributed by atoms with Crippen molar-refractivity contribution in [1.29, 1.82) is 0 Å². The fraction of sp³-hybridized carbons (Fsp3) is 0.476. The van der Waals surface area contributed by atoms with Gasteiger partial charge in [-0.25, -0.2) is 4.79 Å². The Balaban J connectivity index is 2.15. The molecule has 0 saturated carbocycles. The maximum atomic E-state index is 12.7. The average molecular weight is 360 g/mol.